The van der Waals surface area contributed by atoms with E-state index >= 15 is 0 Å². The Balaban J connectivity index is 0.00000338. The number of hydrogen-bond acceptors (Lipinski definition) is 6. The zero-order valence-electron chi connectivity index (χ0n) is 15.6. The Morgan fingerprint density at radius 3 is 2.62 bits per heavy atom. The molecule has 0 saturated carbocycles. The van der Waals surface area contributed by atoms with Gasteiger partial charge in [0.2, 0.25) is 11.8 Å². The smallest absolute Gasteiger partial charge is 0.343 e. The van der Waals surface area contributed by atoms with Gasteiger partial charge in [-0.3, -0.25) is 10.1 Å². The van der Waals surface area contributed by atoms with Crippen molar-refractivity contribution in [2.75, 3.05) is 25.5 Å². The van der Waals surface area contributed by atoms with Gasteiger partial charge in [-0.1, -0.05) is 20.3 Å². The minimum atomic E-state index is -0.631. The van der Waals surface area contributed by atoms with Gasteiger partial charge in [0.25, 0.3) is 5.91 Å². The van der Waals surface area contributed by atoms with E-state index < -0.39 is 12.1 Å². The minimum absolute atomic E-state index is 0. The van der Waals surface area contributed by atoms with Crippen molar-refractivity contribution in [1.82, 2.24) is 20.0 Å². The zero-order chi connectivity index (χ0) is 18.6. The maximum Gasteiger partial charge on any atom is 0.343 e. The minimum Gasteiger partial charge on any atom is -0.481 e. The van der Waals surface area contributed by atoms with Crippen LogP contribution in [0.25, 0.3) is 0 Å². The molecule has 0 radical (unpaired) electrons. The second-order valence-electron chi connectivity index (χ2n) is 6.15. The fraction of sp³-hybridized carbons (Fsp3) is 0.625. The molecule has 1 fully saturated rings. The van der Waals surface area contributed by atoms with Crippen LogP contribution in [0.1, 0.15) is 32.4 Å². The Bertz CT molecular complexity index is 644. The molecule has 3 N–H and O–H groups in total. The molecule has 0 bridgehead atoms. The number of nitrogens with one attached hydrogen (secondary N) is 1. The Labute approximate surface area is 159 Å². The third-order valence-electron chi connectivity index (χ3n) is 4.32. The van der Waals surface area contributed by atoms with Crippen LogP contribution in [0.5, 0.6) is 5.88 Å². The van der Waals surface area contributed by atoms with Crippen molar-refractivity contribution < 1.29 is 14.3 Å². The fourth-order valence-corrected chi connectivity index (χ4v) is 2.58. The normalized spacial score (nSPS) is 15.9. The molecule has 0 spiro atoms. The second-order valence-corrected chi connectivity index (χ2v) is 6.15. The molecule has 1 aliphatic rings. The maximum absolute atomic E-state index is 12.6. The Morgan fingerprint density at radius 2 is 2.00 bits per heavy atom. The summed E-state index contributed by atoms with van der Waals surface area (Å²) < 4.78 is 5.08. The summed E-state index contributed by atoms with van der Waals surface area (Å²) >= 11 is 0. The van der Waals surface area contributed by atoms with Crippen LogP contribution in [-0.2, 0) is 4.79 Å². The molecule has 9 nitrogen and oxygen atoms in total. The molecule has 3 amide bonds. The third kappa shape index (κ3) is 4.95. The van der Waals surface area contributed by atoms with E-state index in [1.54, 1.807) is 13.0 Å². The number of aryl methyl sites for hydroxylation is 1. The van der Waals surface area contributed by atoms with Crippen LogP contribution in [0.3, 0.4) is 0 Å². The molecule has 10 heteroatoms. The van der Waals surface area contributed by atoms with Gasteiger partial charge >= 0.3 is 6.03 Å². The number of aromatic nitrogens is 2. The summed E-state index contributed by atoms with van der Waals surface area (Å²) in [5.74, 6) is 0.287. The van der Waals surface area contributed by atoms with Crippen molar-refractivity contribution in [3.63, 3.8) is 0 Å². The van der Waals surface area contributed by atoms with Crippen molar-refractivity contribution in [3.8, 4) is 5.88 Å². The highest BCUT2D eigenvalue weighted by molar-refractivity contribution is 5.91. The molecule has 146 valence electrons. The lowest BCUT2D eigenvalue weighted by molar-refractivity contribution is -0.142. The van der Waals surface area contributed by atoms with Crippen LogP contribution < -0.4 is 15.8 Å². The number of rotatable bonds is 5. The Morgan fingerprint density at radius 1 is 1.35 bits per heavy atom. The number of halogens is 1. The number of anilines is 1. The predicted octanol–water partition coefficient (Wildman–Crippen LogP) is 1.57. The number of carbonyl (C=O) groups excluding carboxylic acids is 2. The molecule has 26 heavy (non-hydrogen) atoms. The number of nitrogens with two attached hydrogens (primary N) is 1. The summed E-state index contributed by atoms with van der Waals surface area (Å²) in [7, 11) is 1.49. The van der Waals surface area contributed by atoms with E-state index in [0.717, 1.165) is 6.42 Å². The van der Waals surface area contributed by atoms with Gasteiger partial charge in [0.15, 0.2) is 0 Å². The standard InChI is InChI=1S/C16H26N6O3.ClH/c1-5-10(2)13(17)14(23)21-7-6-8-22(21)16(24)20-15-18-11(3)9-12(19-15)25-4;/h9-10,13H,5-8,17H2,1-4H3,(H,18,19,20,24);1H. The summed E-state index contributed by atoms with van der Waals surface area (Å²) in [6.07, 6.45) is 1.49. The average molecular weight is 387 g/mol. The molecular weight excluding hydrogens is 360 g/mol. The van der Waals surface area contributed by atoms with Crippen molar-refractivity contribution in [2.45, 2.75) is 39.7 Å². The first-order valence-electron chi connectivity index (χ1n) is 8.42. The second kappa shape index (κ2) is 9.54. The first-order chi connectivity index (χ1) is 11.9. The molecular formula is C16H27ClN6O3. The Kier molecular flexibility index (Phi) is 8.04. The monoisotopic (exact) mass is 386 g/mol. The predicted molar refractivity (Wildman–Crippen MR) is 100 cm³/mol. The van der Waals surface area contributed by atoms with E-state index in [2.05, 4.69) is 15.3 Å². The number of hydrogen-bond donors (Lipinski definition) is 2. The Hall–Kier alpha value is -2.13. The number of nitrogens with zero attached hydrogens (tertiary/aromatic N) is 4. The van der Waals surface area contributed by atoms with E-state index in [0.29, 0.717) is 31.1 Å². The highest BCUT2D eigenvalue weighted by Gasteiger charge is 2.35. The van der Waals surface area contributed by atoms with Crippen LogP contribution in [0.2, 0.25) is 0 Å². The number of ether oxygens (including phenoxy) is 1. The lowest BCUT2D eigenvalue weighted by atomic mass is 9.99. The van der Waals surface area contributed by atoms with Gasteiger partial charge in [0, 0.05) is 24.8 Å². The number of amides is 3. The molecule has 2 rings (SSSR count). The lowest BCUT2D eigenvalue weighted by Gasteiger charge is -2.31. The van der Waals surface area contributed by atoms with Gasteiger partial charge in [-0.15, -0.1) is 12.4 Å². The largest absolute Gasteiger partial charge is 0.481 e. The van der Waals surface area contributed by atoms with Crippen molar-refractivity contribution >= 4 is 30.3 Å². The van der Waals surface area contributed by atoms with Crippen LogP contribution in [0.4, 0.5) is 10.7 Å². The fourth-order valence-electron chi connectivity index (χ4n) is 2.58. The lowest BCUT2D eigenvalue weighted by Crippen LogP contribution is -2.53. The van der Waals surface area contributed by atoms with Crippen molar-refractivity contribution in [3.05, 3.63) is 11.8 Å². The number of hydrazine groups is 1. The summed E-state index contributed by atoms with van der Waals surface area (Å²) in [6, 6.07) is 0.565. The number of carbonyl (C=O) groups is 2. The van der Waals surface area contributed by atoms with Crippen molar-refractivity contribution in [2.24, 2.45) is 11.7 Å². The van der Waals surface area contributed by atoms with Crippen LogP contribution in [0.15, 0.2) is 6.07 Å². The molecule has 1 saturated heterocycles. The average Bonchev–Trinajstić information content (AvgIpc) is 3.08. The number of methoxy groups -OCH3 is 1. The molecule has 2 unspecified atom stereocenters. The number of urea groups is 1. The molecule has 0 aliphatic carbocycles. The molecule has 1 aliphatic heterocycles. The SMILES string of the molecule is CCC(C)C(N)C(=O)N1CCCN1C(=O)Nc1nc(C)cc(OC)n1.Cl. The van der Waals surface area contributed by atoms with Gasteiger partial charge in [0.1, 0.15) is 0 Å². The first kappa shape index (κ1) is 21.9. The van der Waals surface area contributed by atoms with Gasteiger partial charge in [0.05, 0.1) is 13.2 Å². The van der Waals surface area contributed by atoms with Gasteiger partial charge in [-0.25, -0.2) is 19.8 Å². The summed E-state index contributed by atoms with van der Waals surface area (Å²) in [5, 5.41) is 5.40. The summed E-state index contributed by atoms with van der Waals surface area (Å²) in [4.78, 5) is 33.4. The van der Waals surface area contributed by atoms with E-state index in [-0.39, 0.29) is 30.2 Å². The summed E-state index contributed by atoms with van der Waals surface area (Å²) in [6.45, 7) is 6.59. The molecule has 2 heterocycles. The van der Waals surface area contributed by atoms with Gasteiger partial charge in [-0.2, -0.15) is 4.98 Å². The quantitative estimate of drug-likeness (QED) is 0.793. The highest BCUT2D eigenvalue weighted by Crippen LogP contribution is 2.18. The summed E-state index contributed by atoms with van der Waals surface area (Å²) in [5.41, 5.74) is 6.70. The van der Waals surface area contributed by atoms with Gasteiger partial charge < -0.3 is 10.5 Å². The van der Waals surface area contributed by atoms with Crippen LogP contribution in [-0.4, -0.2) is 58.2 Å². The maximum atomic E-state index is 12.6. The molecule has 1 aromatic rings. The molecule has 2 atom stereocenters. The van der Waals surface area contributed by atoms with E-state index in [9.17, 15) is 9.59 Å². The van der Waals surface area contributed by atoms with Gasteiger partial charge in [-0.05, 0) is 19.3 Å². The third-order valence-corrected chi connectivity index (χ3v) is 4.32. The first-order valence-corrected chi connectivity index (χ1v) is 8.42. The van der Waals surface area contributed by atoms with Crippen molar-refractivity contribution in [1.29, 1.82) is 0 Å². The van der Waals surface area contributed by atoms with E-state index in [1.165, 1.54) is 17.1 Å². The highest BCUT2D eigenvalue weighted by atomic mass is 35.5. The molecule has 0 aromatic carbocycles. The molecule has 1 aromatic heterocycles. The zero-order valence-corrected chi connectivity index (χ0v) is 16.4. The van der Waals surface area contributed by atoms with E-state index in [4.69, 9.17) is 10.5 Å². The van der Waals surface area contributed by atoms with Crippen LogP contribution in [0, 0.1) is 12.8 Å². The van der Waals surface area contributed by atoms with E-state index in [1.807, 2.05) is 13.8 Å². The topological polar surface area (TPSA) is 114 Å². The van der Waals surface area contributed by atoms with Crippen LogP contribution >= 0.6 is 12.4 Å².